The first-order valence-electron chi connectivity index (χ1n) is 15.4. The molecule has 0 radical (unpaired) electrons. The molecule has 2 aromatic carbocycles. The number of hydrogen-bond donors (Lipinski definition) is 1. The highest BCUT2D eigenvalue weighted by atomic mass is 16.6. The van der Waals surface area contributed by atoms with Gasteiger partial charge >= 0.3 is 5.97 Å². The average Bonchev–Trinajstić information content (AvgIpc) is 3.60. The summed E-state index contributed by atoms with van der Waals surface area (Å²) >= 11 is 0. The Hall–Kier alpha value is -3.67. The largest absolute Gasteiger partial charge is 0.460 e. The molecule has 5 rings (SSSR count). The number of esters is 1. The summed E-state index contributed by atoms with van der Waals surface area (Å²) in [5.41, 5.74) is 5.66. The fourth-order valence-corrected chi connectivity index (χ4v) is 6.63. The highest BCUT2D eigenvalue weighted by Crippen LogP contribution is 2.39. The second-order valence-electron chi connectivity index (χ2n) is 13.1. The Morgan fingerprint density at radius 2 is 1.81 bits per heavy atom. The second kappa shape index (κ2) is 12.7. The third-order valence-electron chi connectivity index (χ3n) is 8.77. The van der Waals surface area contributed by atoms with Gasteiger partial charge in [0.2, 0.25) is 5.91 Å². The zero-order chi connectivity index (χ0) is 29.9. The van der Waals surface area contributed by atoms with Crippen molar-refractivity contribution in [2.75, 3.05) is 11.9 Å². The van der Waals surface area contributed by atoms with Crippen LogP contribution in [0.5, 0.6) is 0 Å². The van der Waals surface area contributed by atoms with Gasteiger partial charge in [-0.1, -0.05) is 61.4 Å². The topological polar surface area (TPSA) is 75.7 Å². The smallest absolute Gasteiger partial charge is 0.306 e. The zero-order valence-corrected chi connectivity index (χ0v) is 25.4. The Labute approximate surface area is 250 Å². The number of nitrogens with zero attached hydrogens (tertiary/aromatic N) is 1. The Kier molecular flexibility index (Phi) is 9.00. The SMILES string of the molecule is Cc1c(CCC(=O)OC(C)(C)C)cccc1NC(=O)C(c1ccc(CN2C=C3C=CCC(=O)C3C2)cc1)C1CCCC1. The molecule has 0 spiro atoms. The molecule has 6 nitrogen and oxygen atoms in total. The number of ether oxygens (including phenoxy) is 1. The fourth-order valence-electron chi connectivity index (χ4n) is 6.63. The number of rotatable bonds is 9. The number of amides is 1. The number of allylic oxidation sites excluding steroid dienone is 2. The maximum absolute atomic E-state index is 13.9. The van der Waals surface area contributed by atoms with Crippen molar-refractivity contribution in [3.05, 3.63) is 88.6 Å². The molecule has 42 heavy (non-hydrogen) atoms. The molecule has 2 aliphatic carbocycles. The number of Topliss-reactive ketones (excluding diaryl/α,β-unsaturated/α-hetero) is 1. The van der Waals surface area contributed by atoms with E-state index in [9.17, 15) is 14.4 Å². The predicted molar refractivity (Wildman–Crippen MR) is 166 cm³/mol. The van der Waals surface area contributed by atoms with Crippen LogP contribution in [-0.4, -0.2) is 34.7 Å². The van der Waals surface area contributed by atoms with Crippen LogP contribution < -0.4 is 5.32 Å². The van der Waals surface area contributed by atoms with E-state index in [1.54, 1.807) is 0 Å². The molecular weight excluding hydrogens is 524 g/mol. The highest BCUT2D eigenvalue weighted by molar-refractivity contribution is 5.97. The van der Waals surface area contributed by atoms with Gasteiger partial charge in [-0.3, -0.25) is 14.4 Å². The monoisotopic (exact) mass is 568 g/mol. The van der Waals surface area contributed by atoms with Crippen molar-refractivity contribution < 1.29 is 19.1 Å². The van der Waals surface area contributed by atoms with Gasteiger partial charge in [-0.05, 0) is 86.8 Å². The van der Waals surface area contributed by atoms with Crippen LogP contribution in [0, 0.1) is 18.8 Å². The minimum Gasteiger partial charge on any atom is -0.460 e. The first-order valence-corrected chi connectivity index (χ1v) is 15.4. The third-order valence-corrected chi connectivity index (χ3v) is 8.77. The summed E-state index contributed by atoms with van der Waals surface area (Å²) < 4.78 is 5.47. The summed E-state index contributed by atoms with van der Waals surface area (Å²) in [6, 6.07) is 14.4. The first kappa shape index (κ1) is 29.8. The molecular formula is C36H44N2O4. The predicted octanol–water partition coefficient (Wildman–Crippen LogP) is 7.03. The van der Waals surface area contributed by atoms with Gasteiger partial charge in [-0.2, -0.15) is 0 Å². The first-order chi connectivity index (χ1) is 20.1. The average molecular weight is 569 g/mol. The minimum atomic E-state index is -0.502. The van der Waals surface area contributed by atoms with E-state index < -0.39 is 5.60 Å². The summed E-state index contributed by atoms with van der Waals surface area (Å²) in [6.45, 7) is 9.11. The van der Waals surface area contributed by atoms with Crippen molar-refractivity contribution in [1.29, 1.82) is 0 Å². The number of nitrogens with one attached hydrogen (secondary N) is 1. The van der Waals surface area contributed by atoms with Gasteiger partial charge in [-0.15, -0.1) is 0 Å². The van der Waals surface area contributed by atoms with Gasteiger partial charge < -0.3 is 15.0 Å². The Morgan fingerprint density at radius 1 is 1.07 bits per heavy atom. The Bertz CT molecular complexity index is 1380. The van der Waals surface area contributed by atoms with Crippen molar-refractivity contribution >= 4 is 23.3 Å². The molecule has 0 saturated heterocycles. The van der Waals surface area contributed by atoms with E-state index in [2.05, 4.69) is 46.8 Å². The number of anilines is 1. The fraction of sp³-hybridized carbons (Fsp3) is 0.472. The lowest BCUT2D eigenvalue weighted by Gasteiger charge is -2.25. The molecule has 1 saturated carbocycles. The van der Waals surface area contributed by atoms with Crippen molar-refractivity contribution in [2.45, 2.75) is 90.7 Å². The Morgan fingerprint density at radius 3 is 2.50 bits per heavy atom. The van der Waals surface area contributed by atoms with E-state index in [4.69, 9.17) is 4.74 Å². The van der Waals surface area contributed by atoms with E-state index in [-0.39, 0.29) is 23.7 Å². The van der Waals surface area contributed by atoms with Gasteiger partial charge in [0, 0.05) is 37.8 Å². The molecule has 1 heterocycles. The number of carbonyl (C=O) groups is 3. The van der Waals surface area contributed by atoms with E-state index >= 15 is 0 Å². The van der Waals surface area contributed by atoms with Crippen molar-refractivity contribution in [3.8, 4) is 0 Å². The number of carbonyl (C=O) groups excluding carboxylic acids is 3. The van der Waals surface area contributed by atoms with Crippen LogP contribution in [-0.2, 0) is 32.1 Å². The summed E-state index contributed by atoms with van der Waals surface area (Å²) in [5, 5.41) is 3.25. The van der Waals surface area contributed by atoms with Gasteiger partial charge in [-0.25, -0.2) is 0 Å². The zero-order valence-electron chi connectivity index (χ0n) is 25.4. The van der Waals surface area contributed by atoms with Crippen LogP contribution in [0.1, 0.15) is 87.5 Å². The lowest BCUT2D eigenvalue weighted by molar-refractivity contribution is -0.154. The Balaban J connectivity index is 1.26. The number of benzene rings is 2. The molecule has 0 bridgehead atoms. The summed E-state index contributed by atoms with van der Waals surface area (Å²) in [5.74, 6) is 0.216. The van der Waals surface area contributed by atoms with E-state index in [0.717, 1.165) is 66.7 Å². The highest BCUT2D eigenvalue weighted by Gasteiger charge is 2.33. The quantitative estimate of drug-likeness (QED) is 0.329. The standard InChI is InChI=1S/C36H44N2O4/c1-24-26(19-20-33(40)42-36(2,3)4)11-7-13-31(24)37-35(41)34(27-9-5-6-10-27)28-17-15-25(16-18-28)21-38-22-29-12-8-14-32(39)30(29)23-38/h7-8,11-13,15-18,22,27,30,34H,5-6,9-10,14,19-21,23H2,1-4H3,(H,37,41). The summed E-state index contributed by atoms with van der Waals surface area (Å²) in [6.07, 6.45) is 12.0. The van der Waals surface area contributed by atoms with Crippen LogP contribution in [0.4, 0.5) is 5.69 Å². The molecule has 3 aliphatic rings. The summed E-state index contributed by atoms with van der Waals surface area (Å²) in [7, 11) is 0. The molecule has 222 valence electrons. The molecule has 1 N–H and O–H groups in total. The van der Waals surface area contributed by atoms with Crippen molar-refractivity contribution in [2.24, 2.45) is 11.8 Å². The molecule has 1 amide bonds. The van der Waals surface area contributed by atoms with Gasteiger partial charge in [0.25, 0.3) is 0 Å². The van der Waals surface area contributed by atoms with Gasteiger partial charge in [0.05, 0.1) is 11.8 Å². The van der Waals surface area contributed by atoms with Gasteiger partial charge in [0.1, 0.15) is 11.4 Å². The van der Waals surface area contributed by atoms with Crippen LogP contribution in [0.2, 0.25) is 0 Å². The molecule has 2 unspecified atom stereocenters. The van der Waals surface area contributed by atoms with Crippen LogP contribution in [0.25, 0.3) is 0 Å². The molecule has 1 fully saturated rings. The van der Waals surface area contributed by atoms with Crippen LogP contribution in [0.15, 0.2) is 66.4 Å². The third kappa shape index (κ3) is 7.21. The van der Waals surface area contributed by atoms with Crippen LogP contribution in [0.3, 0.4) is 0 Å². The second-order valence-corrected chi connectivity index (χ2v) is 13.1. The maximum Gasteiger partial charge on any atom is 0.306 e. The van der Waals surface area contributed by atoms with E-state index in [1.807, 2.05) is 52.0 Å². The van der Waals surface area contributed by atoms with Crippen molar-refractivity contribution in [3.63, 3.8) is 0 Å². The number of hydrogen-bond acceptors (Lipinski definition) is 5. The maximum atomic E-state index is 13.9. The molecule has 2 atom stereocenters. The van der Waals surface area contributed by atoms with Crippen LogP contribution >= 0.6 is 0 Å². The molecule has 1 aliphatic heterocycles. The van der Waals surface area contributed by atoms with Gasteiger partial charge in [0.15, 0.2) is 0 Å². The number of aryl methyl sites for hydroxylation is 1. The molecule has 0 aromatic heterocycles. The molecule has 6 heteroatoms. The lowest BCUT2D eigenvalue weighted by atomic mass is 9.83. The molecule has 2 aromatic rings. The summed E-state index contributed by atoms with van der Waals surface area (Å²) in [4.78, 5) is 40.7. The number of fused-ring (bicyclic) bond motifs is 1. The lowest BCUT2D eigenvalue weighted by Crippen LogP contribution is -2.27. The van der Waals surface area contributed by atoms with E-state index in [0.29, 0.717) is 31.0 Å². The minimum absolute atomic E-state index is 0.00369. The number of ketones is 1. The normalized spacial score (nSPS) is 19.4. The van der Waals surface area contributed by atoms with Crippen molar-refractivity contribution in [1.82, 2.24) is 4.90 Å². The van der Waals surface area contributed by atoms with E-state index in [1.165, 1.54) is 5.56 Å².